The van der Waals surface area contributed by atoms with Crippen molar-refractivity contribution < 1.29 is 19.4 Å². The number of ether oxygens (including phenoxy) is 2. The molecule has 1 aromatic carbocycles. The molecule has 1 saturated heterocycles. The van der Waals surface area contributed by atoms with Crippen molar-refractivity contribution in [3.8, 4) is 11.5 Å². The molecule has 1 N–H and O–H groups in total. The highest BCUT2D eigenvalue weighted by molar-refractivity contribution is 6.00. The van der Waals surface area contributed by atoms with Crippen molar-refractivity contribution >= 4 is 5.78 Å². The van der Waals surface area contributed by atoms with Crippen LogP contribution >= 0.6 is 0 Å². The van der Waals surface area contributed by atoms with Crippen molar-refractivity contribution in [3.63, 3.8) is 0 Å². The Morgan fingerprint density at radius 1 is 1.45 bits per heavy atom. The molecule has 5 heteroatoms. The summed E-state index contributed by atoms with van der Waals surface area (Å²) in [7, 11) is 3.65. The average molecular weight is 297 g/mol. The second-order valence-electron chi connectivity index (χ2n) is 7.16. The number of ketones is 1. The second-order valence-corrected chi connectivity index (χ2v) is 7.16. The first-order valence-electron chi connectivity index (χ1n) is 7.59. The highest BCUT2D eigenvalue weighted by Gasteiger charge is 2.90. The summed E-state index contributed by atoms with van der Waals surface area (Å²) in [6.07, 6.45) is 3.32. The van der Waals surface area contributed by atoms with Gasteiger partial charge in [0.2, 0.25) is 0 Å². The van der Waals surface area contributed by atoms with Crippen molar-refractivity contribution in [3.05, 3.63) is 35.4 Å². The smallest absolute Gasteiger partial charge is 0.196 e. The zero-order valence-electron chi connectivity index (χ0n) is 12.3. The van der Waals surface area contributed by atoms with Gasteiger partial charge in [-0.2, -0.15) is 0 Å². The molecule has 0 aromatic heterocycles. The lowest BCUT2D eigenvalue weighted by Gasteiger charge is -2.44. The summed E-state index contributed by atoms with van der Waals surface area (Å²) >= 11 is 0. The van der Waals surface area contributed by atoms with E-state index in [4.69, 9.17) is 9.47 Å². The van der Waals surface area contributed by atoms with Gasteiger partial charge in [-0.15, -0.1) is 0 Å². The van der Waals surface area contributed by atoms with Crippen LogP contribution in [0.5, 0.6) is 11.5 Å². The molecule has 0 radical (unpaired) electrons. The van der Waals surface area contributed by atoms with Crippen molar-refractivity contribution in [2.24, 2.45) is 0 Å². The lowest BCUT2D eigenvalue weighted by atomic mass is 9.62. The number of likely N-dealkylation sites (N-methyl/N-ethyl adjacent to an activating group) is 1. The van der Waals surface area contributed by atoms with Crippen LogP contribution in [0, 0.1) is 0 Å². The van der Waals surface area contributed by atoms with Gasteiger partial charge in [0, 0.05) is 5.56 Å². The number of methoxy groups -OCH3 is 1. The molecular weight excluding hydrogens is 282 g/mol. The number of benzene rings is 1. The normalized spacial score (nSPS) is 50.7. The molecule has 6 rings (SSSR count). The molecule has 5 nitrogen and oxygen atoms in total. The molecule has 22 heavy (non-hydrogen) atoms. The van der Waals surface area contributed by atoms with Crippen LogP contribution in [0.3, 0.4) is 0 Å². The summed E-state index contributed by atoms with van der Waals surface area (Å²) in [5.74, 6) is 1.23. The number of carbonyl (C=O) groups excluding carboxylic acids is 1. The SMILES string of the molecule is COc1ccc2c3c1OC1C(=O)C=CC4(O)[C@@H]5N(C)C25C[C@]314. The molecular formula is C17H15NO4. The summed E-state index contributed by atoms with van der Waals surface area (Å²) in [6.45, 7) is 0. The van der Waals surface area contributed by atoms with Gasteiger partial charge in [-0.05, 0) is 37.3 Å². The quantitative estimate of drug-likeness (QED) is 0.765. The zero-order valence-corrected chi connectivity index (χ0v) is 12.3. The maximum atomic E-state index is 12.5. The monoisotopic (exact) mass is 297 g/mol. The number of likely N-dealkylation sites (tertiary alicyclic amines) is 1. The molecule has 1 saturated carbocycles. The minimum absolute atomic E-state index is 0.0299. The van der Waals surface area contributed by atoms with Gasteiger partial charge in [0.1, 0.15) is 5.60 Å². The Bertz CT molecular complexity index is 832. The van der Waals surface area contributed by atoms with Gasteiger partial charge in [0.05, 0.1) is 24.1 Å². The Hall–Kier alpha value is -1.85. The Morgan fingerprint density at radius 2 is 2.27 bits per heavy atom. The Labute approximate surface area is 127 Å². The van der Waals surface area contributed by atoms with Crippen molar-refractivity contribution in [2.75, 3.05) is 14.2 Å². The Kier molecular flexibility index (Phi) is 1.51. The van der Waals surface area contributed by atoms with Gasteiger partial charge in [-0.3, -0.25) is 9.69 Å². The first-order chi connectivity index (χ1) is 10.5. The number of aliphatic hydroxyl groups is 1. The van der Waals surface area contributed by atoms with E-state index >= 15 is 0 Å². The minimum Gasteiger partial charge on any atom is -0.493 e. The van der Waals surface area contributed by atoms with Crippen LogP contribution < -0.4 is 9.47 Å². The first kappa shape index (κ1) is 11.7. The average Bonchev–Trinajstić information content (AvgIpc) is 2.83. The van der Waals surface area contributed by atoms with E-state index < -0.39 is 17.1 Å². The molecule has 6 atom stereocenters. The molecule has 2 heterocycles. The van der Waals surface area contributed by atoms with E-state index in [0.717, 1.165) is 12.0 Å². The highest BCUT2D eigenvalue weighted by atomic mass is 16.5. The zero-order chi connectivity index (χ0) is 15.1. The van der Waals surface area contributed by atoms with Gasteiger partial charge in [-0.1, -0.05) is 6.07 Å². The molecule has 2 aliphatic heterocycles. The van der Waals surface area contributed by atoms with E-state index in [1.54, 1.807) is 13.2 Å². The third-order valence-electron chi connectivity index (χ3n) is 6.78. The fraction of sp³-hybridized carbons (Fsp3) is 0.471. The molecule has 112 valence electrons. The molecule has 2 spiro atoms. The van der Waals surface area contributed by atoms with Gasteiger partial charge < -0.3 is 14.6 Å². The van der Waals surface area contributed by atoms with Crippen LogP contribution in [0.1, 0.15) is 17.5 Å². The summed E-state index contributed by atoms with van der Waals surface area (Å²) in [5, 5.41) is 11.5. The van der Waals surface area contributed by atoms with Crippen LogP contribution in [-0.4, -0.2) is 47.7 Å². The van der Waals surface area contributed by atoms with E-state index in [1.807, 2.05) is 13.1 Å². The number of rotatable bonds is 1. The van der Waals surface area contributed by atoms with Gasteiger partial charge >= 0.3 is 0 Å². The highest BCUT2D eigenvalue weighted by Crippen LogP contribution is 2.80. The van der Waals surface area contributed by atoms with Crippen LogP contribution in [0.15, 0.2) is 24.3 Å². The maximum Gasteiger partial charge on any atom is 0.196 e. The third kappa shape index (κ3) is 0.754. The number of nitrogens with zero attached hydrogens (tertiary/aromatic N) is 1. The number of fused-ring (bicyclic) bond motifs is 1. The van der Waals surface area contributed by atoms with Crippen molar-refractivity contribution in [1.29, 1.82) is 0 Å². The second kappa shape index (κ2) is 2.84. The topological polar surface area (TPSA) is 58.8 Å². The van der Waals surface area contributed by atoms with Gasteiger partial charge in [0.25, 0.3) is 0 Å². The number of hydrogen-bond acceptors (Lipinski definition) is 5. The Morgan fingerprint density at radius 3 is 3.05 bits per heavy atom. The van der Waals surface area contributed by atoms with E-state index in [9.17, 15) is 9.90 Å². The lowest BCUT2D eigenvalue weighted by molar-refractivity contribution is -0.130. The molecule has 4 unspecified atom stereocenters. The third-order valence-corrected chi connectivity index (χ3v) is 6.78. The van der Waals surface area contributed by atoms with Gasteiger partial charge in [-0.25, -0.2) is 0 Å². The number of carbonyl (C=O) groups is 1. The van der Waals surface area contributed by atoms with Crippen molar-refractivity contribution in [2.45, 2.75) is 35.1 Å². The fourth-order valence-electron chi connectivity index (χ4n) is 6.02. The standard InChI is InChI=1S/C17H15NO4/c1-18-14-16(18)7-15-11-8(16)3-4-10(21-2)12(11)22-13(15)9(19)5-6-17(14,15)20/h3-6,13-14,20H,7H2,1-2H3/t13?,14-,15+,16?,17?,18?/m1/s1. The first-order valence-corrected chi connectivity index (χ1v) is 7.59. The van der Waals surface area contributed by atoms with Crippen LogP contribution in [0.4, 0.5) is 0 Å². The molecule has 5 aliphatic rings. The largest absolute Gasteiger partial charge is 0.493 e. The molecule has 2 fully saturated rings. The number of piperidine rings is 1. The van der Waals surface area contributed by atoms with Gasteiger partial charge in [0.15, 0.2) is 23.4 Å². The summed E-state index contributed by atoms with van der Waals surface area (Å²) in [4.78, 5) is 14.7. The summed E-state index contributed by atoms with van der Waals surface area (Å²) in [5.41, 5.74) is 0.367. The van der Waals surface area contributed by atoms with Crippen molar-refractivity contribution in [1.82, 2.24) is 4.90 Å². The van der Waals surface area contributed by atoms with E-state index in [1.165, 1.54) is 11.6 Å². The lowest BCUT2D eigenvalue weighted by Crippen LogP contribution is -2.61. The van der Waals surface area contributed by atoms with E-state index in [-0.39, 0.29) is 17.4 Å². The fourth-order valence-corrected chi connectivity index (χ4v) is 6.02. The summed E-state index contributed by atoms with van der Waals surface area (Å²) in [6, 6.07) is 4.02. The van der Waals surface area contributed by atoms with E-state index in [2.05, 4.69) is 11.0 Å². The summed E-state index contributed by atoms with van der Waals surface area (Å²) < 4.78 is 11.5. The predicted molar refractivity (Wildman–Crippen MR) is 76.0 cm³/mol. The minimum atomic E-state index is -1.04. The maximum absolute atomic E-state index is 12.5. The van der Waals surface area contributed by atoms with Crippen LogP contribution in [-0.2, 0) is 15.7 Å². The number of hydrogen-bond donors (Lipinski definition) is 1. The predicted octanol–water partition coefficient (Wildman–Crippen LogP) is 0.491. The van der Waals surface area contributed by atoms with Crippen LogP contribution in [0.2, 0.25) is 0 Å². The molecule has 1 aromatic rings. The van der Waals surface area contributed by atoms with E-state index in [0.29, 0.717) is 11.5 Å². The molecule has 0 amide bonds. The molecule has 3 aliphatic carbocycles. The molecule has 2 bridgehead atoms. The van der Waals surface area contributed by atoms with Crippen LogP contribution in [0.25, 0.3) is 0 Å². The Balaban J connectivity index is 1.78.